The second-order valence-electron chi connectivity index (χ2n) is 6.38. The number of rotatable bonds is 3. The molecule has 4 heteroatoms. The van der Waals surface area contributed by atoms with Crippen LogP contribution in [0, 0.1) is 5.92 Å². The molecule has 2 aliphatic rings. The largest absolute Gasteiger partial charge is 0.355 e. The molecule has 112 valence electrons. The van der Waals surface area contributed by atoms with Gasteiger partial charge in [-0.2, -0.15) is 0 Å². The third-order valence-electron chi connectivity index (χ3n) is 5.05. The Hall–Kier alpha value is -1.13. The van der Waals surface area contributed by atoms with Crippen molar-refractivity contribution in [1.29, 1.82) is 0 Å². The van der Waals surface area contributed by atoms with E-state index in [0.29, 0.717) is 0 Å². The Morgan fingerprint density at radius 1 is 1.24 bits per heavy atom. The maximum Gasteiger partial charge on any atom is 0.177 e. The van der Waals surface area contributed by atoms with Crippen LogP contribution in [0.5, 0.6) is 0 Å². The number of hydrogen-bond donors (Lipinski definition) is 0. The van der Waals surface area contributed by atoms with E-state index in [1.807, 2.05) is 0 Å². The maximum atomic E-state index is 5.52. The standard InChI is InChI=1S/C17H22N2OS/c1-2-7-15-13(5-1)6-3-9-19(15)12-14-11-16(20-18-14)17-8-4-10-21-17/h4,8,10-11,13,15H,1-3,5-7,9,12H2/t13-,15+/m1/s1. The molecule has 4 rings (SSSR count). The Morgan fingerprint density at radius 3 is 3.05 bits per heavy atom. The fraction of sp³-hybridized carbons (Fsp3) is 0.588. The van der Waals surface area contributed by atoms with Crippen LogP contribution in [0.3, 0.4) is 0 Å². The molecule has 0 aromatic carbocycles. The van der Waals surface area contributed by atoms with Crippen molar-refractivity contribution < 1.29 is 4.52 Å². The molecule has 2 fully saturated rings. The zero-order chi connectivity index (χ0) is 14.1. The molecular formula is C17H22N2OS. The van der Waals surface area contributed by atoms with Gasteiger partial charge in [0.2, 0.25) is 0 Å². The predicted molar refractivity (Wildman–Crippen MR) is 85.2 cm³/mol. The summed E-state index contributed by atoms with van der Waals surface area (Å²) >= 11 is 1.71. The monoisotopic (exact) mass is 302 g/mol. The van der Waals surface area contributed by atoms with E-state index >= 15 is 0 Å². The van der Waals surface area contributed by atoms with Crippen LogP contribution >= 0.6 is 11.3 Å². The highest BCUT2D eigenvalue weighted by atomic mass is 32.1. The third-order valence-corrected chi connectivity index (χ3v) is 5.93. The number of thiophene rings is 1. The van der Waals surface area contributed by atoms with Crippen molar-refractivity contribution in [3.63, 3.8) is 0 Å². The first kappa shape index (κ1) is 13.5. The number of hydrogen-bond acceptors (Lipinski definition) is 4. The Morgan fingerprint density at radius 2 is 2.14 bits per heavy atom. The average Bonchev–Trinajstić information content (AvgIpc) is 3.18. The van der Waals surface area contributed by atoms with Crippen molar-refractivity contribution in [2.45, 2.75) is 51.1 Å². The maximum absolute atomic E-state index is 5.52. The van der Waals surface area contributed by atoms with Gasteiger partial charge in [0.05, 0.1) is 10.6 Å². The van der Waals surface area contributed by atoms with Crippen LogP contribution in [0.2, 0.25) is 0 Å². The number of nitrogens with zero attached hydrogens (tertiary/aromatic N) is 2. The number of likely N-dealkylation sites (tertiary alicyclic amines) is 1. The van der Waals surface area contributed by atoms with Gasteiger partial charge in [-0.25, -0.2) is 0 Å². The second kappa shape index (κ2) is 5.93. The first-order valence-corrected chi connectivity index (χ1v) is 9.01. The van der Waals surface area contributed by atoms with Gasteiger partial charge in [-0.15, -0.1) is 11.3 Å². The third kappa shape index (κ3) is 2.79. The minimum atomic E-state index is 0.786. The lowest BCUT2D eigenvalue weighted by Gasteiger charge is -2.43. The van der Waals surface area contributed by atoms with Crippen LogP contribution in [0.25, 0.3) is 10.6 Å². The molecule has 0 bridgehead atoms. The number of aromatic nitrogens is 1. The molecule has 1 aliphatic carbocycles. The molecule has 3 nitrogen and oxygen atoms in total. The first-order chi connectivity index (χ1) is 10.4. The topological polar surface area (TPSA) is 29.3 Å². The molecule has 0 N–H and O–H groups in total. The Kier molecular flexibility index (Phi) is 3.82. The minimum absolute atomic E-state index is 0.786. The van der Waals surface area contributed by atoms with Gasteiger partial charge in [0.25, 0.3) is 0 Å². The van der Waals surface area contributed by atoms with Gasteiger partial charge >= 0.3 is 0 Å². The Balaban J connectivity index is 1.47. The fourth-order valence-corrected chi connectivity index (χ4v) is 4.73. The van der Waals surface area contributed by atoms with E-state index < -0.39 is 0 Å². The van der Waals surface area contributed by atoms with E-state index in [4.69, 9.17) is 4.52 Å². The Bertz CT molecular complexity index is 575. The van der Waals surface area contributed by atoms with E-state index in [9.17, 15) is 0 Å². The second-order valence-corrected chi connectivity index (χ2v) is 7.33. The zero-order valence-corrected chi connectivity index (χ0v) is 13.1. The van der Waals surface area contributed by atoms with Gasteiger partial charge in [-0.3, -0.25) is 4.90 Å². The molecule has 2 aromatic heterocycles. The van der Waals surface area contributed by atoms with Gasteiger partial charge in [-0.05, 0) is 49.6 Å². The van der Waals surface area contributed by atoms with Crippen molar-refractivity contribution in [2.75, 3.05) is 6.54 Å². The summed E-state index contributed by atoms with van der Waals surface area (Å²) in [5, 5.41) is 6.37. The van der Waals surface area contributed by atoms with Crippen LogP contribution < -0.4 is 0 Å². The van der Waals surface area contributed by atoms with Crippen LogP contribution in [0.4, 0.5) is 0 Å². The van der Waals surface area contributed by atoms with Crippen molar-refractivity contribution in [1.82, 2.24) is 10.1 Å². The van der Waals surface area contributed by atoms with Crippen LogP contribution in [-0.2, 0) is 6.54 Å². The molecule has 0 amide bonds. The number of fused-ring (bicyclic) bond motifs is 1. The SMILES string of the molecule is c1csc(-c2cc(CN3CCC[C@H]4CCCC[C@@H]43)no2)c1. The van der Waals surface area contributed by atoms with Crippen molar-refractivity contribution in [2.24, 2.45) is 5.92 Å². The summed E-state index contributed by atoms with van der Waals surface area (Å²) in [5.74, 6) is 1.84. The Labute approximate surface area is 129 Å². The van der Waals surface area contributed by atoms with Gasteiger partial charge in [0, 0.05) is 18.7 Å². The molecule has 0 spiro atoms. The zero-order valence-electron chi connectivity index (χ0n) is 12.3. The summed E-state index contributed by atoms with van der Waals surface area (Å²) in [6.07, 6.45) is 8.41. The first-order valence-electron chi connectivity index (χ1n) is 8.14. The molecule has 3 heterocycles. The molecule has 1 aliphatic heterocycles. The molecule has 1 saturated heterocycles. The van der Waals surface area contributed by atoms with E-state index in [-0.39, 0.29) is 0 Å². The molecule has 0 unspecified atom stereocenters. The minimum Gasteiger partial charge on any atom is -0.355 e. The smallest absolute Gasteiger partial charge is 0.177 e. The quantitative estimate of drug-likeness (QED) is 0.832. The molecule has 21 heavy (non-hydrogen) atoms. The predicted octanol–water partition coefficient (Wildman–Crippen LogP) is 4.56. The lowest BCUT2D eigenvalue weighted by atomic mass is 9.78. The molecule has 2 atom stereocenters. The molecule has 2 aromatic rings. The van der Waals surface area contributed by atoms with Gasteiger partial charge in [0.1, 0.15) is 0 Å². The van der Waals surface area contributed by atoms with Crippen LogP contribution in [-0.4, -0.2) is 22.6 Å². The fourth-order valence-electron chi connectivity index (χ4n) is 4.05. The van der Waals surface area contributed by atoms with E-state index in [2.05, 4.69) is 33.6 Å². The molecule has 1 saturated carbocycles. The summed E-state index contributed by atoms with van der Waals surface area (Å²) in [6.45, 7) is 2.18. The average molecular weight is 302 g/mol. The lowest BCUT2D eigenvalue weighted by Crippen LogP contribution is -2.46. The van der Waals surface area contributed by atoms with Crippen LogP contribution in [0.1, 0.15) is 44.2 Å². The summed E-state index contributed by atoms with van der Waals surface area (Å²) < 4.78 is 5.52. The summed E-state index contributed by atoms with van der Waals surface area (Å²) in [5.41, 5.74) is 1.09. The van der Waals surface area contributed by atoms with Gasteiger partial charge < -0.3 is 4.52 Å². The van der Waals surface area contributed by atoms with Crippen molar-refractivity contribution >= 4 is 11.3 Å². The highest BCUT2D eigenvalue weighted by Gasteiger charge is 2.33. The highest BCUT2D eigenvalue weighted by Crippen LogP contribution is 2.36. The summed E-state index contributed by atoms with van der Waals surface area (Å²) in [4.78, 5) is 3.83. The van der Waals surface area contributed by atoms with Gasteiger partial charge in [0.15, 0.2) is 5.76 Å². The van der Waals surface area contributed by atoms with E-state index in [1.54, 1.807) is 11.3 Å². The summed E-state index contributed by atoms with van der Waals surface area (Å²) in [7, 11) is 0. The lowest BCUT2D eigenvalue weighted by molar-refractivity contribution is 0.0530. The van der Waals surface area contributed by atoms with E-state index in [1.165, 1.54) is 49.9 Å². The van der Waals surface area contributed by atoms with Gasteiger partial charge in [-0.1, -0.05) is 24.1 Å². The normalized spacial score (nSPS) is 26.7. The summed E-state index contributed by atoms with van der Waals surface area (Å²) in [6, 6.07) is 7.06. The van der Waals surface area contributed by atoms with E-state index in [0.717, 1.165) is 30.0 Å². The molecule has 0 radical (unpaired) electrons. The van der Waals surface area contributed by atoms with Crippen LogP contribution in [0.15, 0.2) is 28.1 Å². The molecular weight excluding hydrogens is 280 g/mol. The van der Waals surface area contributed by atoms with Crippen molar-refractivity contribution in [3.05, 3.63) is 29.3 Å². The highest BCUT2D eigenvalue weighted by molar-refractivity contribution is 7.13. The number of piperidine rings is 1. The van der Waals surface area contributed by atoms with Crippen molar-refractivity contribution in [3.8, 4) is 10.6 Å².